The van der Waals surface area contributed by atoms with Crippen molar-refractivity contribution in [2.45, 2.75) is 121 Å². The second-order valence-corrected chi connectivity index (χ2v) is 19.7. The standard InChI is InChI=1S/C29H44O2P2.C5H10.Fe/c1-21(33(28(2,3)4)29(5,6)7)22-15-14-20-25(22)32(26-18-12-10-16-23(26)30-8)27-19-13-11-17-24(27)31-9;1-2-4-5-3-1;/h10-13,16-19,21-22,25H,14-15,20H2,1-9H3;1-5H2;/t21-,22?,25?;;/m1../s1. The number of methoxy groups -OCH3 is 2. The molecule has 0 radical (unpaired) electrons. The van der Waals surface area contributed by atoms with Crippen molar-refractivity contribution < 1.29 is 26.5 Å². The van der Waals surface area contributed by atoms with E-state index in [9.17, 15) is 0 Å². The molecule has 2 aliphatic carbocycles. The molecule has 2 unspecified atom stereocenters. The number of hydrogen-bond donors (Lipinski definition) is 0. The van der Waals surface area contributed by atoms with Gasteiger partial charge in [-0.15, -0.1) is 0 Å². The molecule has 0 aliphatic heterocycles. The van der Waals surface area contributed by atoms with Gasteiger partial charge in [-0.05, 0) is 60.4 Å². The van der Waals surface area contributed by atoms with E-state index in [1.54, 1.807) is 0 Å². The molecule has 2 aromatic rings. The smallest absolute Gasteiger partial charge is 0.126 e. The molecule has 0 bridgehead atoms. The van der Waals surface area contributed by atoms with E-state index < -0.39 is 7.92 Å². The predicted molar refractivity (Wildman–Crippen MR) is 172 cm³/mol. The molecule has 5 heteroatoms. The van der Waals surface area contributed by atoms with Gasteiger partial charge < -0.3 is 9.47 Å². The molecule has 39 heavy (non-hydrogen) atoms. The van der Waals surface area contributed by atoms with Crippen LogP contribution in [0.15, 0.2) is 48.5 Å². The van der Waals surface area contributed by atoms with Crippen LogP contribution in [-0.4, -0.2) is 35.8 Å². The molecule has 2 aliphatic rings. The van der Waals surface area contributed by atoms with Crippen LogP contribution in [0.2, 0.25) is 0 Å². The fraction of sp³-hybridized carbons (Fsp3) is 0.647. The Kier molecular flexibility index (Phi) is 13.8. The Morgan fingerprint density at radius 1 is 0.667 bits per heavy atom. The zero-order valence-electron chi connectivity index (χ0n) is 26.1. The molecule has 0 amide bonds. The van der Waals surface area contributed by atoms with Gasteiger partial charge in [0.05, 0.1) is 14.2 Å². The van der Waals surface area contributed by atoms with E-state index >= 15 is 0 Å². The Hall–Kier alpha value is -0.581. The Balaban J connectivity index is 0.000000797. The average Bonchev–Trinajstić information content (AvgIpc) is 3.59. The second-order valence-electron chi connectivity index (χ2n) is 13.1. The number of ether oxygens (including phenoxy) is 2. The fourth-order valence-corrected chi connectivity index (χ4v) is 16.1. The summed E-state index contributed by atoms with van der Waals surface area (Å²) in [7, 11) is 2.82. The Morgan fingerprint density at radius 3 is 1.46 bits per heavy atom. The van der Waals surface area contributed by atoms with Crippen LogP contribution in [-0.2, 0) is 17.1 Å². The van der Waals surface area contributed by atoms with Crippen molar-refractivity contribution in [1.29, 1.82) is 0 Å². The van der Waals surface area contributed by atoms with Crippen LogP contribution in [0.5, 0.6) is 11.5 Å². The molecule has 0 aromatic heterocycles. The van der Waals surface area contributed by atoms with Gasteiger partial charge in [0, 0.05) is 27.7 Å². The van der Waals surface area contributed by atoms with Crippen LogP contribution >= 0.6 is 15.8 Å². The first-order valence-corrected chi connectivity index (χ1v) is 17.7. The Labute approximate surface area is 253 Å². The minimum absolute atomic E-state index is 0. The Bertz CT molecular complexity index is 924. The van der Waals surface area contributed by atoms with Gasteiger partial charge in [-0.1, -0.05) is 131 Å². The van der Waals surface area contributed by atoms with Crippen molar-refractivity contribution in [2.75, 3.05) is 14.2 Å². The molecule has 0 spiro atoms. The zero-order valence-corrected chi connectivity index (χ0v) is 29.0. The normalized spacial score (nSPS) is 20.3. The number of benzene rings is 2. The van der Waals surface area contributed by atoms with Crippen LogP contribution in [0.25, 0.3) is 0 Å². The molecule has 4 rings (SSSR count). The van der Waals surface area contributed by atoms with Crippen molar-refractivity contribution in [1.82, 2.24) is 0 Å². The fourth-order valence-electron chi connectivity index (χ4n) is 7.30. The van der Waals surface area contributed by atoms with Crippen LogP contribution in [0.4, 0.5) is 0 Å². The monoisotopic (exact) mass is 612 g/mol. The van der Waals surface area contributed by atoms with Crippen molar-refractivity contribution in [3.63, 3.8) is 0 Å². The SMILES string of the molecule is C1CCCC1.COc1ccccc1P(c1ccccc1OC)C1CCCC1[C@@H](C)P(C(C)(C)C)C(C)(C)C.[Fe]. The van der Waals surface area contributed by atoms with E-state index in [-0.39, 0.29) is 25.0 Å². The quantitative estimate of drug-likeness (QED) is 0.229. The summed E-state index contributed by atoms with van der Waals surface area (Å²) < 4.78 is 11.8. The van der Waals surface area contributed by atoms with E-state index in [0.717, 1.165) is 17.4 Å². The van der Waals surface area contributed by atoms with Gasteiger partial charge in [-0.3, -0.25) is 0 Å². The maximum absolute atomic E-state index is 5.91. The van der Waals surface area contributed by atoms with Crippen LogP contribution in [0.3, 0.4) is 0 Å². The minimum Gasteiger partial charge on any atom is -0.496 e. The molecule has 3 atom stereocenters. The predicted octanol–water partition coefficient (Wildman–Crippen LogP) is 9.72. The third-order valence-electron chi connectivity index (χ3n) is 8.27. The van der Waals surface area contributed by atoms with Gasteiger partial charge in [0.15, 0.2) is 0 Å². The van der Waals surface area contributed by atoms with E-state index in [4.69, 9.17) is 9.47 Å². The molecule has 2 aromatic carbocycles. The number of para-hydroxylation sites is 2. The second kappa shape index (κ2) is 15.6. The largest absolute Gasteiger partial charge is 0.496 e. The summed E-state index contributed by atoms with van der Waals surface area (Å²) in [5.74, 6) is 2.75. The van der Waals surface area contributed by atoms with Gasteiger partial charge in [0.1, 0.15) is 11.5 Å². The van der Waals surface area contributed by atoms with Crippen molar-refractivity contribution in [3.8, 4) is 11.5 Å². The first-order valence-electron chi connectivity index (χ1n) is 14.9. The van der Waals surface area contributed by atoms with Crippen LogP contribution in [0, 0.1) is 5.92 Å². The first-order chi connectivity index (χ1) is 18.0. The summed E-state index contributed by atoms with van der Waals surface area (Å²) in [5.41, 5.74) is 1.35. The van der Waals surface area contributed by atoms with E-state index in [1.165, 1.54) is 62.0 Å². The van der Waals surface area contributed by atoms with Gasteiger partial charge in [-0.2, -0.15) is 0 Å². The Morgan fingerprint density at radius 2 is 1.08 bits per heavy atom. The first kappa shape index (κ1) is 34.6. The average molecular weight is 613 g/mol. The summed E-state index contributed by atoms with van der Waals surface area (Å²) in [6.07, 6.45) is 11.4. The maximum atomic E-state index is 5.91. The van der Waals surface area contributed by atoms with Gasteiger partial charge in [0.2, 0.25) is 0 Å². The van der Waals surface area contributed by atoms with Crippen LogP contribution in [0.1, 0.15) is 99.8 Å². The number of hydrogen-bond acceptors (Lipinski definition) is 2. The molecule has 2 fully saturated rings. The number of rotatable bonds is 7. The summed E-state index contributed by atoms with van der Waals surface area (Å²) >= 11 is 0. The summed E-state index contributed by atoms with van der Waals surface area (Å²) in [6.45, 7) is 17.4. The van der Waals surface area contributed by atoms with Gasteiger partial charge >= 0.3 is 0 Å². The zero-order chi connectivity index (χ0) is 27.9. The topological polar surface area (TPSA) is 18.5 Å². The summed E-state index contributed by atoms with van der Waals surface area (Å²) in [4.78, 5) is 0. The minimum atomic E-state index is -0.613. The van der Waals surface area contributed by atoms with E-state index in [1.807, 2.05) is 14.2 Å². The van der Waals surface area contributed by atoms with Crippen LogP contribution < -0.4 is 20.1 Å². The summed E-state index contributed by atoms with van der Waals surface area (Å²) in [5, 5.41) is 3.38. The molecular weight excluding hydrogens is 558 g/mol. The van der Waals surface area contributed by atoms with Gasteiger partial charge in [0.25, 0.3) is 0 Å². The summed E-state index contributed by atoms with van der Waals surface area (Å²) in [6, 6.07) is 17.4. The van der Waals surface area contributed by atoms with E-state index in [0.29, 0.717) is 21.6 Å². The van der Waals surface area contributed by atoms with Gasteiger partial charge in [-0.25, -0.2) is 0 Å². The van der Waals surface area contributed by atoms with Crippen molar-refractivity contribution in [3.05, 3.63) is 48.5 Å². The molecule has 2 saturated carbocycles. The van der Waals surface area contributed by atoms with Crippen molar-refractivity contribution in [2.24, 2.45) is 5.92 Å². The molecule has 0 N–H and O–H groups in total. The molecule has 220 valence electrons. The molecule has 0 saturated heterocycles. The third kappa shape index (κ3) is 8.95. The molecule has 2 nitrogen and oxygen atoms in total. The van der Waals surface area contributed by atoms with Crippen molar-refractivity contribution >= 4 is 26.5 Å². The third-order valence-corrected chi connectivity index (χ3v) is 15.4. The van der Waals surface area contributed by atoms with E-state index in [2.05, 4.69) is 97.0 Å². The molecule has 0 heterocycles. The maximum Gasteiger partial charge on any atom is 0.126 e. The molecular formula is C34H54FeO2P2.